The zero-order valence-corrected chi connectivity index (χ0v) is 13.3. The predicted molar refractivity (Wildman–Crippen MR) is 82.6 cm³/mol. The van der Waals surface area contributed by atoms with Crippen molar-refractivity contribution in [3.63, 3.8) is 0 Å². The predicted octanol–water partition coefficient (Wildman–Crippen LogP) is 3.82. The monoisotopic (exact) mass is 289 g/mol. The van der Waals surface area contributed by atoms with Crippen LogP contribution in [0.3, 0.4) is 0 Å². The Balaban J connectivity index is 2.60. The van der Waals surface area contributed by atoms with Crippen LogP contribution in [0.1, 0.15) is 32.2 Å². The van der Waals surface area contributed by atoms with E-state index < -0.39 is 0 Å². The van der Waals surface area contributed by atoms with Crippen LogP contribution in [0, 0.1) is 11.6 Å². The smallest absolute Gasteiger partial charge is 0.212 e. The maximum absolute atomic E-state index is 5.37. The van der Waals surface area contributed by atoms with Crippen LogP contribution in [0.25, 0.3) is 11.3 Å². The molecule has 0 aliphatic rings. The number of H-pyrrole nitrogens is 1. The van der Waals surface area contributed by atoms with Gasteiger partial charge in [-0.3, -0.25) is 0 Å². The molecule has 0 atom stereocenters. The lowest BCUT2D eigenvalue weighted by molar-refractivity contribution is 0.398. The van der Waals surface area contributed by atoms with Crippen molar-refractivity contribution in [2.45, 2.75) is 33.1 Å². The van der Waals surface area contributed by atoms with Gasteiger partial charge < -0.3 is 9.72 Å². The van der Waals surface area contributed by atoms with Crippen LogP contribution in [0.2, 0.25) is 0 Å². The molecule has 20 heavy (non-hydrogen) atoms. The van der Waals surface area contributed by atoms with Crippen LogP contribution in [-0.2, 0) is 5.41 Å². The highest BCUT2D eigenvalue weighted by Gasteiger charge is 2.18. The molecule has 0 unspecified atom stereocenters. The summed E-state index contributed by atoms with van der Waals surface area (Å²) >= 11 is 5.37. The Hall–Kier alpha value is -1.75. The Morgan fingerprint density at radius 1 is 1.25 bits per heavy atom. The van der Waals surface area contributed by atoms with E-state index in [0.717, 1.165) is 22.6 Å². The first-order chi connectivity index (χ1) is 9.32. The molecule has 0 saturated heterocycles. The van der Waals surface area contributed by atoms with Crippen molar-refractivity contribution in [2.24, 2.45) is 0 Å². The topological polar surface area (TPSA) is 50.8 Å². The van der Waals surface area contributed by atoms with Crippen molar-refractivity contribution in [1.82, 2.24) is 15.0 Å². The van der Waals surface area contributed by atoms with E-state index >= 15 is 0 Å². The molecule has 106 valence electrons. The van der Waals surface area contributed by atoms with Crippen molar-refractivity contribution in [3.8, 4) is 17.1 Å². The molecular formula is C15H19N3OS. The highest BCUT2D eigenvalue weighted by atomic mass is 32.1. The first kappa shape index (κ1) is 14.7. The van der Waals surface area contributed by atoms with Crippen LogP contribution in [-0.4, -0.2) is 22.1 Å². The minimum atomic E-state index is -0.0874. The summed E-state index contributed by atoms with van der Waals surface area (Å²) < 4.78 is 5.71. The lowest BCUT2D eigenvalue weighted by Crippen LogP contribution is -2.17. The summed E-state index contributed by atoms with van der Waals surface area (Å²) in [6.07, 6.45) is 1.78. The molecule has 0 saturated carbocycles. The summed E-state index contributed by atoms with van der Waals surface area (Å²) in [5, 5.41) is 0. The van der Waals surface area contributed by atoms with Gasteiger partial charge in [0.25, 0.3) is 0 Å². The highest BCUT2D eigenvalue weighted by molar-refractivity contribution is 7.71. The molecule has 0 radical (unpaired) electrons. The van der Waals surface area contributed by atoms with E-state index in [1.165, 1.54) is 0 Å². The lowest BCUT2D eigenvalue weighted by Gasteiger charge is -2.19. The molecule has 5 heteroatoms. The zero-order chi connectivity index (χ0) is 14.9. The van der Waals surface area contributed by atoms with E-state index in [9.17, 15) is 0 Å². The number of nitrogens with one attached hydrogen (secondary N) is 1. The van der Waals surface area contributed by atoms with Crippen LogP contribution >= 0.6 is 12.2 Å². The first-order valence-corrected chi connectivity index (χ1v) is 6.85. The maximum Gasteiger partial charge on any atom is 0.212 e. The third-order valence-electron chi connectivity index (χ3n) is 3.10. The van der Waals surface area contributed by atoms with Gasteiger partial charge in [-0.15, -0.1) is 0 Å². The number of pyridine rings is 1. The van der Waals surface area contributed by atoms with Crippen LogP contribution in [0.15, 0.2) is 18.3 Å². The molecule has 0 aromatic carbocycles. The van der Waals surface area contributed by atoms with Crippen molar-refractivity contribution in [3.05, 3.63) is 34.4 Å². The van der Waals surface area contributed by atoms with Gasteiger partial charge in [-0.1, -0.05) is 33.0 Å². The summed E-state index contributed by atoms with van der Waals surface area (Å²) in [5.41, 5.74) is 2.81. The average Bonchev–Trinajstić information content (AvgIpc) is 2.40. The molecule has 2 heterocycles. The number of aromatic amines is 1. The molecular weight excluding hydrogens is 270 g/mol. The molecule has 2 aromatic heterocycles. The second-order valence-corrected chi connectivity index (χ2v) is 6.12. The minimum absolute atomic E-state index is 0.0874. The van der Waals surface area contributed by atoms with Crippen molar-refractivity contribution in [1.29, 1.82) is 0 Å². The molecule has 0 aliphatic heterocycles. The highest BCUT2D eigenvalue weighted by Crippen LogP contribution is 2.26. The van der Waals surface area contributed by atoms with E-state index in [1.807, 2.05) is 19.1 Å². The van der Waals surface area contributed by atoms with E-state index in [2.05, 4.69) is 35.7 Å². The molecule has 4 nitrogen and oxygen atoms in total. The SMILES string of the molecule is COc1ccc(-c2[nH]c(C(C)(C)C)nc(=S)c2C)cn1. The molecule has 0 bridgehead atoms. The van der Waals surface area contributed by atoms with Gasteiger partial charge >= 0.3 is 0 Å². The van der Waals surface area contributed by atoms with Crippen LogP contribution in [0.4, 0.5) is 0 Å². The van der Waals surface area contributed by atoms with Gasteiger partial charge in [-0.2, -0.15) is 0 Å². The number of methoxy groups -OCH3 is 1. The molecule has 0 fully saturated rings. The van der Waals surface area contributed by atoms with Crippen molar-refractivity contribution in [2.75, 3.05) is 7.11 Å². The molecule has 1 N–H and O–H groups in total. The molecule has 2 aromatic rings. The maximum atomic E-state index is 5.37. The van der Waals surface area contributed by atoms with Gasteiger partial charge in [0.15, 0.2) is 0 Å². The number of nitrogens with zero attached hydrogens (tertiary/aromatic N) is 2. The Kier molecular flexibility index (Phi) is 3.90. The zero-order valence-electron chi connectivity index (χ0n) is 12.4. The summed E-state index contributed by atoms with van der Waals surface area (Å²) in [4.78, 5) is 12.1. The van der Waals surface area contributed by atoms with E-state index in [1.54, 1.807) is 13.3 Å². The number of hydrogen-bond donors (Lipinski definition) is 1. The quantitative estimate of drug-likeness (QED) is 0.854. The van der Waals surface area contributed by atoms with Gasteiger partial charge in [0.2, 0.25) is 5.88 Å². The number of ether oxygens (including phenoxy) is 1. The van der Waals surface area contributed by atoms with E-state index in [4.69, 9.17) is 17.0 Å². The van der Waals surface area contributed by atoms with Gasteiger partial charge in [0.1, 0.15) is 10.5 Å². The molecule has 2 rings (SSSR count). The first-order valence-electron chi connectivity index (χ1n) is 6.44. The second-order valence-electron chi connectivity index (χ2n) is 5.73. The standard InChI is InChI=1S/C15H19N3OS/c1-9-12(10-6-7-11(19-5)16-8-10)17-14(15(2,3)4)18-13(9)20/h6-8H,1-5H3,(H,17,18,20). The third kappa shape index (κ3) is 2.88. The summed E-state index contributed by atoms with van der Waals surface area (Å²) in [6, 6.07) is 3.80. The fourth-order valence-electron chi connectivity index (χ4n) is 1.83. The van der Waals surface area contributed by atoms with E-state index in [-0.39, 0.29) is 5.41 Å². The Morgan fingerprint density at radius 3 is 2.45 bits per heavy atom. The number of rotatable bonds is 2. The van der Waals surface area contributed by atoms with Crippen molar-refractivity contribution >= 4 is 12.2 Å². The normalized spacial score (nSPS) is 11.4. The average molecular weight is 289 g/mol. The van der Waals surface area contributed by atoms with Crippen LogP contribution in [0.5, 0.6) is 5.88 Å². The second kappa shape index (κ2) is 5.32. The summed E-state index contributed by atoms with van der Waals surface area (Å²) in [5.74, 6) is 1.47. The van der Waals surface area contributed by atoms with Crippen LogP contribution < -0.4 is 4.74 Å². The Bertz CT molecular complexity index is 669. The number of aromatic nitrogens is 3. The summed E-state index contributed by atoms with van der Waals surface area (Å²) in [7, 11) is 1.60. The number of hydrogen-bond acceptors (Lipinski definition) is 4. The lowest BCUT2D eigenvalue weighted by atomic mass is 9.95. The molecule has 0 amide bonds. The minimum Gasteiger partial charge on any atom is -0.481 e. The van der Waals surface area contributed by atoms with Gasteiger partial charge in [0.05, 0.1) is 12.8 Å². The van der Waals surface area contributed by atoms with Crippen molar-refractivity contribution < 1.29 is 4.74 Å². The molecule has 0 spiro atoms. The Labute approximate surface area is 124 Å². The molecule has 0 aliphatic carbocycles. The van der Waals surface area contributed by atoms with Gasteiger partial charge in [-0.05, 0) is 13.0 Å². The fraction of sp³-hybridized carbons (Fsp3) is 0.400. The van der Waals surface area contributed by atoms with Gasteiger partial charge in [-0.25, -0.2) is 9.97 Å². The summed E-state index contributed by atoms with van der Waals surface area (Å²) in [6.45, 7) is 8.28. The largest absolute Gasteiger partial charge is 0.481 e. The fourth-order valence-corrected chi connectivity index (χ4v) is 2.02. The van der Waals surface area contributed by atoms with Gasteiger partial charge in [0, 0.05) is 28.8 Å². The van der Waals surface area contributed by atoms with E-state index in [0.29, 0.717) is 10.5 Å². The third-order valence-corrected chi connectivity index (χ3v) is 3.49. The Morgan fingerprint density at radius 2 is 1.95 bits per heavy atom.